The van der Waals surface area contributed by atoms with E-state index in [1.807, 2.05) is 0 Å². The van der Waals surface area contributed by atoms with E-state index in [0.29, 0.717) is 18.6 Å². The molecule has 1 fully saturated rings. The van der Waals surface area contributed by atoms with Crippen LogP contribution in [-0.2, 0) is 0 Å². The number of rotatable bonds is 4. The van der Waals surface area contributed by atoms with Crippen LogP contribution in [0.25, 0.3) is 0 Å². The molecular formula is C16H27N3. The van der Waals surface area contributed by atoms with Crippen molar-refractivity contribution >= 4 is 0 Å². The maximum atomic E-state index is 6.04. The monoisotopic (exact) mass is 261 g/mol. The highest BCUT2D eigenvalue weighted by Crippen LogP contribution is 2.23. The van der Waals surface area contributed by atoms with Gasteiger partial charge in [-0.05, 0) is 26.0 Å². The molecule has 19 heavy (non-hydrogen) atoms. The van der Waals surface area contributed by atoms with Gasteiger partial charge >= 0.3 is 0 Å². The van der Waals surface area contributed by atoms with Crippen LogP contribution in [0.4, 0.5) is 0 Å². The molecule has 2 atom stereocenters. The normalized spacial score (nSPS) is 23.5. The molecule has 1 heterocycles. The van der Waals surface area contributed by atoms with Crippen LogP contribution < -0.4 is 5.73 Å². The number of likely N-dealkylation sites (N-methyl/N-ethyl adjacent to an activating group) is 1. The van der Waals surface area contributed by atoms with Crippen LogP contribution in [0.5, 0.6) is 0 Å². The van der Waals surface area contributed by atoms with Gasteiger partial charge in [0.05, 0.1) is 0 Å². The Morgan fingerprint density at radius 2 is 2.16 bits per heavy atom. The van der Waals surface area contributed by atoms with Crippen molar-refractivity contribution in [3.63, 3.8) is 0 Å². The maximum absolute atomic E-state index is 6.04. The Morgan fingerprint density at radius 1 is 1.37 bits per heavy atom. The number of hydrogen-bond acceptors (Lipinski definition) is 3. The summed E-state index contributed by atoms with van der Waals surface area (Å²) in [5.74, 6) is 0. The number of nitrogens with zero attached hydrogens (tertiary/aromatic N) is 2. The molecule has 3 heteroatoms. The van der Waals surface area contributed by atoms with Gasteiger partial charge in [0.2, 0.25) is 0 Å². The van der Waals surface area contributed by atoms with Gasteiger partial charge < -0.3 is 5.73 Å². The predicted octanol–water partition coefficient (Wildman–Crippen LogP) is 2.02. The summed E-state index contributed by atoms with van der Waals surface area (Å²) in [5, 5.41) is 0. The van der Waals surface area contributed by atoms with Gasteiger partial charge in [0.25, 0.3) is 0 Å². The third-order valence-corrected chi connectivity index (χ3v) is 4.29. The molecule has 0 spiro atoms. The van der Waals surface area contributed by atoms with Crippen molar-refractivity contribution < 1.29 is 0 Å². The Balaban J connectivity index is 2.10. The minimum Gasteiger partial charge on any atom is -0.329 e. The lowest BCUT2D eigenvalue weighted by atomic mass is 10.0. The van der Waals surface area contributed by atoms with Crippen molar-refractivity contribution in [2.24, 2.45) is 5.73 Å². The maximum Gasteiger partial charge on any atom is 0.0471 e. The summed E-state index contributed by atoms with van der Waals surface area (Å²) in [4.78, 5) is 5.09. The van der Waals surface area contributed by atoms with E-state index in [9.17, 15) is 0 Å². The summed E-state index contributed by atoms with van der Waals surface area (Å²) in [7, 11) is 0. The molecular weight excluding hydrogens is 234 g/mol. The molecule has 0 bridgehead atoms. The van der Waals surface area contributed by atoms with Crippen LogP contribution in [0.1, 0.15) is 31.0 Å². The fourth-order valence-electron chi connectivity index (χ4n) is 3.15. The minimum atomic E-state index is 0.362. The summed E-state index contributed by atoms with van der Waals surface area (Å²) in [5.41, 5.74) is 8.72. The number of nitrogens with two attached hydrogens (primary N) is 1. The predicted molar refractivity (Wildman–Crippen MR) is 81.3 cm³/mol. The second-order valence-corrected chi connectivity index (χ2v) is 5.64. The first-order chi connectivity index (χ1) is 9.15. The lowest BCUT2D eigenvalue weighted by Gasteiger charge is -2.43. The van der Waals surface area contributed by atoms with E-state index in [-0.39, 0.29) is 0 Å². The van der Waals surface area contributed by atoms with E-state index in [2.05, 4.69) is 54.8 Å². The molecule has 1 aliphatic heterocycles. The van der Waals surface area contributed by atoms with E-state index in [4.69, 9.17) is 5.73 Å². The molecule has 0 aromatic heterocycles. The van der Waals surface area contributed by atoms with Gasteiger partial charge in [-0.1, -0.05) is 36.8 Å². The van der Waals surface area contributed by atoms with Crippen LogP contribution in [0, 0.1) is 6.92 Å². The van der Waals surface area contributed by atoms with Crippen LogP contribution in [0.15, 0.2) is 24.3 Å². The zero-order chi connectivity index (χ0) is 13.8. The van der Waals surface area contributed by atoms with Gasteiger partial charge in [0, 0.05) is 38.3 Å². The molecule has 106 valence electrons. The zero-order valence-corrected chi connectivity index (χ0v) is 12.5. The third kappa shape index (κ3) is 3.35. The fraction of sp³-hybridized carbons (Fsp3) is 0.625. The second-order valence-electron chi connectivity index (χ2n) is 5.64. The minimum absolute atomic E-state index is 0.362. The lowest BCUT2D eigenvalue weighted by molar-refractivity contribution is 0.0606. The molecule has 2 rings (SSSR count). The Morgan fingerprint density at radius 3 is 2.74 bits per heavy atom. The quantitative estimate of drug-likeness (QED) is 0.900. The van der Waals surface area contributed by atoms with Crippen molar-refractivity contribution in [3.05, 3.63) is 35.4 Å². The average molecular weight is 261 g/mol. The molecule has 3 nitrogen and oxygen atoms in total. The molecule has 1 aromatic carbocycles. The first kappa shape index (κ1) is 14.5. The summed E-state index contributed by atoms with van der Waals surface area (Å²) in [6.45, 7) is 11.9. The van der Waals surface area contributed by atoms with Gasteiger partial charge in [0.15, 0.2) is 0 Å². The third-order valence-electron chi connectivity index (χ3n) is 4.29. The number of benzene rings is 1. The first-order valence-corrected chi connectivity index (χ1v) is 7.40. The highest BCUT2D eigenvalue weighted by molar-refractivity contribution is 5.25. The molecule has 0 aliphatic carbocycles. The van der Waals surface area contributed by atoms with Gasteiger partial charge in [0.1, 0.15) is 0 Å². The van der Waals surface area contributed by atoms with Gasteiger partial charge in [-0.2, -0.15) is 0 Å². The van der Waals surface area contributed by atoms with Crippen molar-refractivity contribution in [1.29, 1.82) is 0 Å². The first-order valence-electron chi connectivity index (χ1n) is 7.40. The van der Waals surface area contributed by atoms with E-state index in [1.54, 1.807) is 0 Å². The second kappa shape index (κ2) is 6.51. The van der Waals surface area contributed by atoms with Crippen LogP contribution in [-0.4, -0.2) is 48.6 Å². The molecule has 2 N–H and O–H groups in total. The van der Waals surface area contributed by atoms with Gasteiger partial charge in [-0.3, -0.25) is 9.80 Å². The molecule has 1 aromatic rings. The van der Waals surface area contributed by atoms with Crippen molar-refractivity contribution in [3.8, 4) is 0 Å². The molecule has 0 radical (unpaired) electrons. The number of aryl methyl sites for hydroxylation is 1. The Hall–Kier alpha value is -0.900. The summed E-state index contributed by atoms with van der Waals surface area (Å²) < 4.78 is 0. The SMILES string of the molecule is CCN1CCN(C(CN)c2cccc(C)c2)CC1C. The molecule has 1 aliphatic rings. The molecule has 0 saturated carbocycles. The zero-order valence-electron chi connectivity index (χ0n) is 12.5. The van der Waals surface area contributed by atoms with Crippen LogP contribution in [0.3, 0.4) is 0 Å². The van der Waals surface area contributed by atoms with Crippen LogP contribution in [0.2, 0.25) is 0 Å². The largest absolute Gasteiger partial charge is 0.329 e. The van der Waals surface area contributed by atoms with E-state index >= 15 is 0 Å². The highest BCUT2D eigenvalue weighted by atomic mass is 15.3. The molecule has 0 amide bonds. The Bertz CT molecular complexity index is 405. The summed E-state index contributed by atoms with van der Waals surface area (Å²) in [6, 6.07) is 9.75. The summed E-state index contributed by atoms with van der Waals surface area (Å²) >= 11 is 0. The molecule has 1 saturated heterocycles. The smallest absolute Gasteiger partial charge is 0.0471 e. The van der Waals surface area contributed by atoms with Gasteiger partial charge in [-0.15, -0.1) is 0 Å². The average Bonchev–Trinajstić information content (AvgIpc) is 2.40. The van der Waals surface area contributed by atoms with Crippen molar-refractivity contribution in [2.75, 3.05) is 32.7 Å². The topological polar surface area (TPSA) is 32.5 Å². The lowest BCUT2D eigenvalue weighted by Crippen LogP contribution is -2.53. The highest BCUT2D eigenvalue weighted by Gasteiger charge is 2.27. The summed E-state index contributed by atoms with van der Waals surface area (Å²) in [6.07, 6.45) is 0. The van der Waals surface area contributed by atoms with E-state index in [0.717, 1.165) is 26.2 Å². The standard InChI is InChI=1S/C16H27N3/c1-4-18-8-9-19(12-14(18)3)16(11-17)15-7-5-6-13(2)10-15/h5-7,10,14,16H,4,8-9,11-12,17H2,1-3H3. The van der Waals surface area contributed by atoms with Crippen molar-refractivity contribution in [1.82, 2.24) is 9.80 Å². The van der Waals surface area contributed by atoms with E-state index < -0.39 is 0 Å². The number of hydrogen-bond donors (Lipinski definition) is 1. The van der Waals surface area contributed by atoms with Crippen molar-refractivity contribution in [2.45, 2.75) is 32.9 Å². The van der Waals surface area contributed by atoms with E-state index in [1.165, 1.54) is 11.1 Å². The van der Waals surface area contributed by atoms with Crippen LogP contribution >= 0.6 is 0 Å². The molecule has 2 unspecified atom stereocenters. The Labute approximate surface area is 117 Å². The fourth-order valence-corrected chi connectivity index (χ4v) is 3.15. The Kier molecular flexibility index (Phi) is 4.97. The number of piperazine rings is 1. The van der Waals surface area contributed by atoms with Gasteiger partial charge in [-0.25, -0.2) is 0 Å².